The van der Waals surface area contributed by atoms with Crippen LogP contribution in [0.25, 0.3) is 0 Å². The van der Waals surface area contributed by atoms with Crippen molar-refractivity contribution in [2.45, 2.75) is 38.3 Å². The molecular formula is C14H19N3O3S. The van der Waals surface area contributed by atoms with E-state index in [1.165, 1.54) is 12.3 Å². The molecule has 0 bridgehead atoms. The molecule has 6 nitrogen and oxygen atoms in total. The normalized spacial score (nSPS) is 11.6. The zero-order valence-corrected chi connectivity index (χ0v) is 12.9. The molecule has 7 heteroatoms. The molecule has 2 aromatic rings. The Kier molecular flexibility index (Phi) is 4.64. The molecule has 0 radical (unpaired) electrons. The van der Waals surface area contributed by atoms with Crippen LogP contribution in [0.2, 0.25) is 0 Å². The number of aliphatic hydroxyl groups excluding tert-OH is 1. The third-order valence-corrected chi connectivity index (χ3v) is 4.66. The van der Waals surface area contributed by atoms with Crippen LogP contribution in [-0.2, 0) is 29.6 Å². The van der Waals surface area contributed by atoms with Crippen LogP contribution < -0.4 is 4.72 Å². The number of sulfonamides is 1. The Morgan fingerprint density at radius 3 is 2.67 bits per heavy atom. The molecule has 1 heterocycles. The van der Waals surface area contributed by atoms with E-state index in [4.69, 9.17) is 0 Å². The van der Waals surface area contributed by atoms with Crippen LogP contribution >= 0.6 is 0 Å². The highest BCUT2D eigenvalue weighted by Crippen LogP contribution is 2.21. The van der Waals surface area contributed by atoms with Crippen molar-refractivity contribution >= 4 is 15.7 Å². The highest BCUT2D eigenvalue weighted by Gasteiger charge is 2.19. The maximum atomic E-state index is 12.5. The van der Waals surface area contributed by atoms with Gasteiger partial charge in [0.1, 0.15) is 0 Å². The lowest BCUT2D eigenvalue weighted by Crippen LogP contribution is -2.15. The minimum absolute atomic E-state index is 0.194. The van der Waals surface area contributed by atoms with Gasteiger partial charge in [-0.15, -0.1) is 0 Å². The Bertz CT molecular complexity index is 723. The van der Waals surface area contributed by atoms with Gasteiger partial charge in [0.15, 0.2) is 0 Å². The van der Waals surface area contributed by atoms with E-state index in [9.17, 15) is 13.5 Å². The smallest absolute Gasteiger partial charge is 0.262 e. The number of nitrogens with zero attached hydrogens (tertiary/aromatic N) is 2. The van der Waals surface area contributed by atoms with E-state index in [1.54, 1.807) is 23.0 Å². The zero-order valence-electron chi connectivity index (χ0n) is 12.1. The number of aliphatic hydroxyl groups is 1. The third-order valence-electron chi connectivity index (χ3n) is 3.19. The van der Waals surface area contributed by atoms with Gasteiger partial charge in [0.25, 0.3) is 10.0 Å². The summed E-state index contributed by atoms with van der Waals surface area (Å²) < 4.78 is 29.2. The summed E-state index contributed by atoms with van der Waals surface area (Å²) in [5, 5.41) is 13.2. The maximum Gasteiger partial charge on any atom is 0.262 e. The van der Waals surface area contributed by atoms with Crippen LogP contribution in [0.4, 0.5) is 5.69 Å². The molecule has 0 fully saturated rings. The largest absolute Gasteiger partial charge is 0.392 e. The first-order valence-corrected chi connectivity index (χ1v) is 8.26. The molecule has 0 aliphatic carbocycles. The van der Waals surface area contributed by atoms with Gasteiger partial charge in [0, 0.05) is 12.7 Å². The lowest BCUT2D eigenvalue weighted by atomic mass is 10.1. The van der Waals surface area contributed by atoms with Gasteiger partial charge >= 0.3 is 0 Å². The minimum Gasteiger partial charge on any atom is -0.392 e. The molecule has 114 valence electrons. The zero-order chi connectivity index (χ0) is 15.5. The highest BCUT2D eigenvalue weighted by molar-refractivity contribution is 7.92. The Morgan fingerprint density at radius 2 is 2.10 bits per heavy atom. The lowest BCUT2D eigenvalue weighted by Gasteiger charge is -2.11. The molecule has 21 heavy (non-hydrogen) atoms. The third kappa shape index (κ3) is 3.43. The Labute approximate surface area is 124 Å². The number of rotatable bonds is 6. The number of benzene rings is 1. The number of nitrogens with one attached hydrogen (secondary N) is 1. The van der Waals surface area contributed by atoms with Crippen LogP contribution in [0.3, 0.4) is 0 Å². The first kappa shape index (κ1) is 15.5. The van der Waals surface area contributed by atoms with Crippen molar-refractivity contribution in [1.29, 1.82) is 0 Å². The average molecular weight is 309 g/mol. The first-order valence-electron chi connectivity index (χ1n) is 6.78. The van der Waals surface area contributed by atoms with Crippen molar-refractivity contribution in [2.75, 3.05) is 4.72 Å². The monoisotopic (exact) mass is 309 g/mol. The van der Waals surface area contributed by atoms with Crippen LogP contribution in [0.1, 0.15) is 25.0 Å². The Morgan fingerprint density at radius 1 is 1.33 bits per heavy atom. The predicted molar refractivity (Wildman–Crippen MR) is 80.5 cm³/mol. The number of hydrogen-bond donors (Lipinski definition) is 2. The van der Waals surface area contributed by atoms with Crippen molar-refractivity contribution in [3.63, 3.8) is 0 Å². The summed E-state index contributed by atoms with van der Waals surface area (Å²) in [5.41, 5.74) is 1.70. The van der Waals surface area contributed by atoms with E-state index in [0.29, 0.717) is 29.8 Å². The molecule has 0 saturated heterocycles. The van der Waals surface area contributed by atoms with Crippen molar-refractivity contribution in [3.05, 3.63) is 41.7 Å². The van der Waals surface area contributed by atoms with Crippen LogP contribution in [0.15, 0.2) is 35.5 Å². The molecule has 0 amide bonds. The van der Waals surface area contributed by atoms with Gasteiger partial charge in [-0.2, -0.15) is 5.10 Å². The van der Waals surface area contributed by atoms with Crippen molar-refractivity contribution in [1.82, 2.24) is 9.78 Å². The fourth-order valence-electron chi connectivity index (χ4n) is 2.04. The van der Waals surface area contributed by atoms with Crippen LogP contribution in [0.5, 0.6) is 0 Å². The number of aryl methyl sites for hydroxylation is 2. The van der Waals surface area contributed by atoms with Crippen molar-refractivity contribution in [3.8, 4) is 0 Å². The van der Waals surface area contributed by atoms with E-state index in [0.717, 1.165) is 0 Å². The Hall–Kier alpha value is -1.86. The van der Waals surface area contributed by atoms with Crippen molar-refractivity contribution in [2.24, 2.45) is 0 Å². The SMILES string of the molecule is CCc1ccc(CO)cc1S(=O)(=O)Nc1cnn(CC)c1. The van der Waals surface area contributed by atoms with Gasteiger partial charge in [-0.1, -0.05) is 19.1 Å². The second-order valence-corrected chi connectivity index (χ2v) is 6.29. The molecule has 0 spiro atoms. The van der Waals surface area contributed by atoms with Gasteiger partial charge in [0.05, 0.1) is 23.4 Å². The predicted octanol–water partition coefficient (Wildman–Crippen LogP) is 1.76. The topological polar surface area (TPSA) is 84.2 Å². The molecule has 0 atom stereocenters. The summed E-state index contributed by atoms with van der Waals surface area (Å²) in [6.45, 7) is 4.29. The summed E-state index contributed by atoms with van der Waals surface area (Å²) in [7, 11) is -3.70. The van der Waals surface area contributed by atoms with Gasteiger partial charge < -0.3 is 5.11 Å². The number of hydrogen-bond acceptors (Lipinski definition) is 4. The molecule has 0 aliphatic rings. The van der Waals surface area contributed by atoms with E-state index in [1.807, 2.05) is 13.8 Å². The molecule has 0 unspecified atom stereocenters. The van der Waals surface area contributed by atoms with Gasteiger partial charge in [0.2, 0.25) is 0 Å². The molecule has 1 aromatic carbocycles. The van der Waals surface area contributed by atoms with Gasteiger partial charge in [-0.3, -0.25) is 9.40 Å². The molecule has 0 saturated carbocycles. The summed E-state index contributed by atoms with van der Waals surface area (Å²) in [5.74, 6) is 0. The fraction of sp³-hybridized carbons (Fsp3) is 0.357. The summed E-state index contributed by atoms with van der Waals surface area (Å²) in [6, 6.07) is 4.97. The van der Waals surface area contributed by atoms with E-state index >= 15 is 0 Å². The minimum atomic E-state index is -3.70. The quantitative estimate of drug-likeness (QED) is 0.851. The molecule has 1 aromatic heterocycles. The van der Waals surface area contributed by atoms with Gasteiger partial charge in [-0.25, -0.2) is 8.42 Å². The standard InChI is InChI=1S/C14H19N3O3S/c1-3-12-6-5-11(10-18)7-14(12)21(19,20)16-13-8-15-17(4-2)9-13/h5-9,16,18H,3-4,10H2,1-2H3. The number of anilines is 1. The van der Waals surface area contributed by atoms with E-state index in [2.05, 4.69) is 9.82 Å². The lowest BCUT2D eigenvalue weighted by molar-refractivity contribution is 0.281. The maximum absolute atomic E-state index is 12.5. The summed E-state index contributed by atoms with van der Waals surface area (Å²) in [4.78, 5) is 0.195. The molecular weight excluding hydrogens is 290 g/mol. The second kappa shape index (κ2) is 6.28. The van der Waals surface area contributed by atoms with Crippen LogP contribution in [-0.4, -0.2) is 23.3 Å². The summed E-state index contributed by atoms with van der Waals surface area (Å²) in [6.07, 6.45) is 3.71. The summed E-state index contributed by atoms with van der Waals surface area (Å²) >= 11 is 0. The van der Waals surface area contributed by atoms with E-state index < -0.39 is 10.0 Å². The van der Waals surface area contributed by atoms with Crippen LogP contribution in [0, 0.1) is 0 Å². The molecule has 2 N–H and O–H groups in total. The second-order valence-electron chi connectivity index (χ2n) is 4.64. The molecule has 2 rings (SSSR count). The number of aromatic nitrogens is 2. The van der Waals surface area contributed by atoms with Gasteiger partial charge in [-0.05, 0) is 30.5 Å². The first-order chi connectivity index (χ1) is 10.00. The molecule has 0 aliphatic heterocycles. The average Bonchev–Trinajstić information content (AvgIpc) is 2.93. The van der Waals surface area contributed by atoms with E-state index in [-0.39, 0.29) is 11.5 Å². The Balaban J connectivity index is 2.38. The highest BCUT2D eigenvalue weighted by atomic mass is 32.2. The fourth-order valence-corrected chi connectivity index (χ4v) is 3.43. The van der Waals surface area contributed by atoms with Crippen molar-refractivity contribution < 1.29 is 13.5 Å².